The summed E-state index contributed by atoms with van der Waals surface area (Å²) in [5.41, 5.74) is 0.276. The number of likely N-dealkylation sites (N-methyl/N-ethyl adjacent to an activating group) is 1. The van der Waals surface area contributed by atoms with Gasteiger partial charge in [0.05, 0.1) is 13.0 Å². The Bertz CT molecular complexity index is 630. The molecule has 1 amide bonds. The summed E-state index contributed by atoms with van der Waals surface area (Å²) in [5.74, 6) is -1.76. The van der Waals surface area contributed by atoms with E-state index in [0.717, 1.165) is 6.07 Å². The molecule has 1 aromatic carbocycles. The fourth-order valence-corrected chi connectivity index (χ4v) is 2.23. The first kappa shape index (κ1) is 22.6. The number of hydrogen-bond donors (Lipinski definition) is 0. The monoisotopic (exact) mass is 391 g/mol. The molecule has 0 N–H and O–H groups in total. The second kappa shape index (κ2) is 10.6. The highest BCUT2D eigenvalue weighted by molar-refractivity contribution is 5.78. The maximum Gasteiger partial charge on any atom is 0.573 e. The third-order valence-electron chi connectivity index (χ3n) is 3.52. The van der Waals surface area contributed by atoms with Crippen molar-refractivity contribution in [3.05, 3.63) is 23.8 Å². The lowest BCUT2D eigenvalue weighted by Gasteiger charge is -2.20. The van der Waals surface area contributed by atoms with Crippen LogP contribution in [0.4, 0.5) is 13.2 Å². The Morgan fingerprint density at radius 1 is 1.07 bits per heavy atom. The van der Waals surface area contributed by atoms with E-state index < -0.39 is 24.7 Å². The summed E-state index contributed by atoms with van der Waals surface area (Å²) in [7, 11) is 0. The average Bonchev–Trinajstić information content (AvgIpc) is 2.59. The molecule has 0 saturated carbocycles. The minimum Gasteiger partial charge on any atom is -0.480 e. The first-order valence-electron chi connectivity index (χ1n) is 8.65. The lowest BCUT2D eigenvalue weighted by Crippen LogP contribution is -2.34. The number of esters is 1. The Labute approximate surface area is 156 Å². The molecule has 0 aromatic heterocycles. The van der Waals surface area contributed by atoms with E-state index in [1.165, 1.54) is 17.0 Å². The van der Waals surface area contributed by atoms with Crippen LogP contribution in [0.3, 0.4) is 0 Å². The van der Waals surface area contributed by atoms with Gasteiger partial charge in [-0.05, 0) is 38.0 Å². The smallest absolute Gasteiger partial charge is 0.480 e. The number of ether oxygens (including phenoxy) is 3. The molecular weight excluding hydrogens is 367 g/mol. The molecule has 0 aliphatic carbocycles. The van der Waals surface area contributed by atoms with Crippen molar-refractivity contribution in [1.82, 2.24) is 4.90 Å². The van der Waals surface area contributed by atoms with Gasteiger partial charge in [0.2, 0.25) is 0 Å². The molecule has 1 aromatic rings. The molecule has 6 nitrogen and oxygen atoms in total. The second-order valence-corrected chi connectivity index (χ2v) is 5.58. The van der Waals surface area contributed by atoms with Crippen LogP contribution in [0.2, 0.25) is 0 Å². The number of carbonyl (C=O) groups excluding carboxylic acids is 2. The van der Waals surface area contributed by atoms with Crippen molar-refractivity contribution in [2.75, 3.05) is 26.3 Å². The number of hydrogen-bond acceptors (Lipinski definition) is 5. The minimum absolute atomic E-state index is 0.202. The summed E-state index contributed by atoms with van der Waals surface area (Å²) in [6.07, 6.45) is -4.50. The van der Waals surface area contributed by atoms with Gasteiger partial charge in [0, 0.05) is 13.1 Å². The van der Waals surface area contributed by atoms with E-state index in [2.05, 4.69) is 4.74 Å². The fourth-order valence-electron chi connectivity index (χ4n) is 2.23. The molecule has 0 fully saturated rings. The van der Waals surface area contributed by atoms with E-state index in [9.17, 15) is 22.8 Å². The Kier molecular flexibility index (Phi) is 8.90. The highest BCUT2D eigenvalue weighted by Crippen LogP contribution is 2.33. The molecule has 0 aliphatic heterocycles. The van der Waals surface area contributed by atoms with Gasteiger partial charge < -0.3 is 19.1 Å². The molecule has 27 heavy (non-hydrogen) atoms. The van der Waals surface area contributed by atoms with Crippen molar-refractivity contribution in [2.45, 2.75) is 40.0 Å². The highest BCUT2D eigenvalue weighted by Gasteiger charge is 2.33. The van der Waals surface area contributed by atoms with Gasteiger partial charge in [-0.25, -0.2) is 0 Å². The van der Waals surface area contributed by atoms with Gasteiger partial charge in [0.25, 0.3) is 5.91 Å². The van der Waals surface area contributed by atoms with Crippen LogP contribution in [0.25, 0.3) is 0 Å². The number of carbonyl (C=O) groups is 2. The van der Waals surface area contributed by atoms with Crippen molar-refractivity contribution < 1.29 is 37.0 Å². The number of nitrogens with zero attached hydrogens (tertiary/aromatic N) is 1. The van der Waals surface area contributed by atoms with Gasteiger partial charge >= 0.3 is 12.3 Å². The zero-order valence-electron chi connectivity index (χ0n) is 15.6. The van der Waals surface area contributed by atoms with Crippen molar-refractivity contribution in [3.63, 3.8) is 0 Å². The van der Waals surface area contributed by atoms with E-state index in [0.29, 0.717) is 19.5 Å². The van der Waals surface area contributed by atoms with Crippen molar-refractivity contribution >= 4 is 11.9 Å². The largest absolute Gasteiger partial charge is 0.573 e. The lowest BCUT2D eigenvalue weighted by molar-refractivity contribution is -0.275. The molecule has 0 radical (unpaired) electrons. The number of alkyl halides is 3. The molecule has 0 saturated heterocycles. The molecule has 0 heterocycles. The molecule has 0 spiro atoms. The molecular formula is C18H24F3NO5. The molecule has 0 bridgehead atoms. The number of benzene rings is 1. The van der Waals surface area contributed by atoms with Crippen LogP contribution in [0.15, 0.2) is 18.2 Å². The summed E-state index contributed by atoms with van der Waals surface area (Å²) in [6.45, 7) is 6.13. The average molecular weight is 391 g/mol. The molecule has 0 atom stereocenters. The van der Waals surface area contributed by atoms with Crippen LogP contribution in [-0.2, 0) is 20.7 Å². The predicted molar refractivity (Wildman–Crippen MR) is 91.5 cm³/mol. The number of amides is 1. The topological polar surface area (TPSA) is 65.1 Å². The summed E-state index contributed by atoms with van der Waals surface area (Å²) in [6, 6.07) is 3.71. The van der Waals surface area contributed by atoms with Crippen molar-refractivity contribution in [2.24, 2.45) is 0 Å². The number of rotatable bonds is 10. The van der Waals surface area contributed by atoms with E-state index >= 15 is 0 Å². The van der Waals surface area contributed by atoms with E-state index in [1.54, 1.807) is 13.8 Å². The SMILES string of the molecule is CCCOC(=O)Cc1ccc(OCC(=O)N(CC)CC)c(OC(F)(F)F)c1. The van der Waals surface area contributed by atoms with E-state index in [1.807, 2.05) is 6.92 Å². The van der Waals surface area contributed by atoms with Crippen LogP contribution < -0.4 is 9.47 Å². The van der Waals surface area contributed by atoms with Gasteiger partial charge in [0.15, 0.2) is 18.1 Å². The molecule has 1 rings (SSSR count). The van der Waals surface area contributed by atoms with Crippen LogP contribution in [-0.4, -0.2) is 49.4 Å². The minimum atomic E-state index is -4.94. The van der Waals surface area contributed by atoms with Crippen LogP contribution >= 0.6 is 0 Å². The Morgan fingerprint density at radius 3 is 2.30 bits per heavy atom. The fraction of sp³-hybridized carbons (Fsp3) is 0.556. The van der Waals surface area contributed by atoms with Gasteiger partial charge in [-0.1, -0.05) is 13.0 Å². The summed E-state index contributed by atoms with van der Waals surface area (Å²) >= 11 is 0. The van der Waals surface area contributed by atoms with Gasteiger partial charge in [0.1, 0.15) is 0 Å². The maximum absolute atomic E-state index is 12.7. The lowest BCUT2D eigenvalue weighted by atomic mass is 10.1. The van der Waals surface area contributed by atoms with Gasteiger partial charge in [-0.2, -0.15) is 0 Å². The Balaban J connectivity index is 2.92. The Morgan fingerprint density at radius 2 is 1.74 bits per heavy atom. The molecule has 0 unspecified atom stereocenters. The van der Waals surface area contributed by atoms with Gasteiger partial charge in [-0.15, -0.1) is 13.2 Å². The maximum atomic E-state index is 12.7. The number of halogens is 3. The highest BCUT2D eigenvalue weighted by atomic mass is 19.4. The summed E-state index contributed by atoms with van der Waals surface area (Å²) in [5, 5.41) is 0. The molecule has 152 valence electrons. The van der Waals surface area contributed by atoms with E-state index in [4.69, 9.17) is 9.47 Å². The first-order valence-corrected chi connectivity index (χ1v) is 8.65. The standard InChI is InChI=1S/C18H24F3NO5/c1-4-9-25-17(24)11-13-7-8-14(15(10-13)27-18(19,20)21)26-12-16(23)22(5-2)6-3/h7-8,10H,4-6,9,11-12H2,1-3H3. The zero-order chi connectivity index (χ0) is 20.4. The second-order valence-electron chi connectivity index (χ2n) is 5.58. The third kappa shape index (κ3) is 8.19. The molecule has 0 aliphatic rings. The van der Waals surface area contributed by atoms with Crippen LogP contribution in [0.1, 0.15) is 32.8 Å². The predicted octanol–water partition coefficient (Wildman–Crippen LogP) is 3.33. The van der Waals surface area contributed by atoms with Crippen LogP contribution in [0, 0.1) is 0 Å². The summed E-state index contributed by atoms with van der Waals surface area (Å²) in [4.78, 5) is 25.1. The normalized spacial score (nSPS) is 11.0. The first-order chi connectivity index (χ1) is 12.7. The quantitative estimate of drug-likeness (QED) is 0.573. The third-order valence-corrected chi connectivity index (χ3v) is 3.52. The van der Waals surface area contributed by atoms with Crippen molar-refractivity contribution in [1.29, 1.82) is 0 Å². The zero-order valence-corrected chi connectivity index (χ0v) is 15.6. The molecule has 9 heteroatoms. The van der Waals surface area contributed by atoms with Gasteiger partial charge in [-0.3, -0.25) is 9.59 Å². The Hall–Kier alpha value is -2.45. The summed E-state index contributed by atoms with van der Waals surface area (Å²) < 4.78 is 52.1. The van der Waals surface area contributed by atoms with Crippen molar-refractivity contribution in [3.8, 4) is 11.5 Å². The van der Waals surface area contributed by atoms with E-state index in [-0.39, 0.29) is 30.2 Å². The van der Waals surface area contributed by atoms with Crippen LogP contribution in [0.5, 0.6) is 11.5 Å².